The van der Waals surface area contributed by atoms with Crippen LogP contribution in [0.15, 0.2) is 51.7 Å². The van der Waals surface area contributed by atoms with Gasteiger partial charge in [-0.15, -0.1) is 0 Å². The largest absolute Gasteiger partial charge is 0.479 e. The standard InChI is InChI=1S/C21H19ClO5/c1-4-25-20(23)13(3)26-16-9-10-18-17(11-16)12(2)19(21(24)27-18)14-5-7-15(22)8-6-14/h5-11,13H,4H2,1-3H3. The lowest BCUT2D eigenvalue weighted by atomic mass is 9.99. The predicted molar refractivity (Wildman–Crippen MR) is 104 cm³/mol. The number of carbonyl (C=O) groups is 1. The average Bonchev–Trinajstić information content (AvgIpc) is 2.64. The van der Waals surface area contributed by atoms with E-state index in [1.54, 1.807) is 56.3 Å². The zero-order chi connectivity index (χ0) is 19.6. The average molecular weight is 387 g/mol. The van der Waals surface area contributed by atoms with Crippen molar-refractivity contribution in [3.8, 4) is 16.9 Å². The van der Waals surface area contributed by atoms with Crippen molar-refractivity contribution in [2.24, 2.45) is 0 Å². The fourth-order valence-electron chi connectivity index (χ4n) is 2.87. The smallest absolute Gasteiger partial charge is 0.347 e. The van der Waals surface area contributed by atoms with Gasteiger partial charge >= 0.3 is 11.6 Å². The van der Waals surface area contributed by atoms with Crippen LogP contribution >= 0.6 is 11.6 Å². The Hall–Kier alpha value is -2.79. The lowest BCUT2D eigenvalue weighted by Gasteiger charge is -2.14. The predicted octanol–water partition coefficient (Wildman–Crippen LogP) is 4.75. The first kappa shape index (κ1) is 19.0. The van der Waals surface area contributed by atoms with Gasteiger partial charge < -0.3 is 13.9 Å². The van der Waals surface area contributed by atoms with Crippen molar-refractivity contribution in [2.45, 2.75) is 26.9 Å². The van der Waals surface area contributed by atoms with Crippen molar-refractivity contribution in [1.29, 1.82) is 0 Å². The molecule has 3 rings (SSSR count). The molecule has 0 aliphatic heterocycles. The molecule has 0 spiro atoms. The van der Waals surface area contributed by atoms with E-state index in [2.05, 4.69) is 0 Å². The third kappa shape index (κ3) is 3.98. The van der Waals surface area contributed by atoms with E-state index in [0.717, 1.165) is 16.5 Å². The Kier molecular flexibility index (Phi) is 5.51. The van der Waals surface area contributed by atoms with Crippen LogP contribution in [0.25, 0.3) is 22.1 Å². The summed E-state index contributed by atoms with van der Waals surface area (Å²) in [5.74, 6) is 0.0535. The Morgan fingerprint density at radius 3 is 2.56 bits per heavy atom. The SMILES string of the molecule is CCOC(=O)C(C)Oc1ccc2oc(=O)c(-c3ccc(Cl)cc3)c(C)c2c1. The number of benzene rings is 2. The number of hydrogen-bond acceptors (Lipinski definition) is 5. The minimum absolute atomic E-state index is 0.291. The molecule has 0 saturated heterocycles. The highest BCUT2D eigenvalue weighted by molar-refractivity contribution is 6.30. The summed E-state index contributed by atoms with van der Waals surface area (Å²) in [5, 5.41) is 1.32. The van der Waals surface area contributed by atoms with Gasteiger partial charge in [-0.3, -0.25) is 0 Å². The first-order valence-corrected chi connectivity index (χ1v) is 8.95. The minimum atomic E-state index is -0.742. The van der Waals surface area contributed by atoms with Crippen molar-refractivity contribution >= 4 is 28.5 Å². The van der Waals surface area contributed by atoms with Gasteiger partial charge in [0.15, 0.2) is 6.10 Å². The van der Waals surface area contributed by atoms with Crippen LogP contribution in [-0.4, -0.2) is 18.7 Å². The van der Waals surface area contributed by atoms with E-state index in [0.29, 0.717) is 28.5 Å². The van der Waals surface area contributed by atoms with Crippen molar-refractivity contribution in [1.82, 2.24) is 0 Å². The molecule has 3 aromatic rings. The van der Waals surface area contributed by atoms with E-state index < -0.39 is 17.7 Å². The van der Waals surface area contributed by atoms with Crippen LogP contribution in [0.4, 0.5) is 0 Å². The van der Waals surface area contributed by atoms with E-state index in [-0.39, 0.29) is 0 Å². The number of hydrogen-bond donors (Lipinski definition) is 0. The van der Waals surface area contributed by atoms with Crippen LogP contribution in [0.5, 0.6) is 5.75 Å². The van der Waals surface area contributed by atoms with Crippen molar-refractivity contribution in [3.05, 3.63) is 63.5 Å². The number of carbonyl (C=O) groups excluding carboxylic acids is 1. The second-order valence-electron chi connectivity index (χ2n) is 6.07. The van der Waals surface area contributed by atoms with Crippen LogP contribution in [-0.2, 0) is 9.53 Å². The van der Waals surface area contributed by atoms with Crippen molar-refractivity contribution in [3.63, 3.8) is 0 Å². The monoisotopic (exact) mass is 386 g/mol. The topological polar surface area (TPSA) is 65.7 Å². The Labute approximate surface area is 161 Å². The van der Waals surface area contributed by atoms with Crippen molar-refractivity contribution < 1.29 is 18.7 Å². The third-order valence-electron chi connectivity index (χ3n) is 4.20. The Bertz CT molecular complexity index is 1040. The summed E-state index contributed by atoms with van der Waals surface area (Å²) >= 11 is 5.94. The Morgan fingerprint density at radius 1 is 1.19 bits per heavy atom. The van der Waals surface area contributed by atoms with Gasteiger partial charge in [0, 0.05) is 10.4 Å². The minimum Gasteiger partial charge on any atom is -0.479 e. The molecule has 0 N–H and O–H groups in total. The van der Waals surface area contributed by atoms with Gasteiger partial charge in [0.1, 0.15) is 11.3 Å². The van der Waals surface area contributed by atoms with E-state index >= 15 is 0 Å². The Morgan fingerprint density at radius 2 is 1.89 bits per heavy atom. The maximum atomic E-state index is 12.5. The zero-order valence-electron chi connectivity index (χ0n) is 15.2. The molecule has 1 aromatic heterocycles. The summed E-state index contributed by atoms with van der Waals surface area (Å²) in [6.45, 7) is 5.50. The van der Waals surface area contributed by atoms with Crippen molar-refractivity contribution in [2.75, 3.05) is 6.61 Å². The number of fused-ring (bicyclic) bond motifs is 1. The second kappa shape index (κ2) is 7.84. The number of esters is 1. The molecule has 1 heterocycles. The fraction of sp³-hybridized carbons (Fsp3) is 0.238. The van der Waals surface area contributed by atoms with Gasteiger partial charge in [0.25, 0.3) is 0 Å². The van der Waals surface area contributed by atoms with Gasteiger partial charge in [-0.2, -0.15) is 0 Å². The van der Waals surface area contributed by atoms with Crippen LogP contribution in [0.1, 0.15) is 19.4 Å². The highest BCUT2D eigenvalue weighted by atomic mass is 35.5. The molecule has 1 unspecified atom stereocenters. The highest BCUT2D eigenvalue weighted by Gasteiger charge is 2.18. The van der Waals surface area contributed by atoms with Gasteiger partial charge in [-0.25, -0.2) is 9.59 Å². The third-order valence-corrected chi connectivity index (χ3v) is 4.45. The Balaban J connectivity index is 2.04. The molecule has 6 heteroatoms. The number of ether oxygens (including phenoxy) is 2. The maximum absolute atomic E-state index is 12.5. The van der Waals surface area contributed by atoms with Crippen LogP contribution in [0.2, 0.25) is 5.02 Å². The summed E-state index contributed by atoms with van der Waals surface area (Å²) < 4.78 is 16.1. The van der Waals surface area contributed by atoms with E-state index in [9.17, 15) is 9.59 Å². The summed E-state index contributed by atoms with van der Waals surface area (Å²) in [5.41, 5.74) is 1.98. The summed E-state index contributed by atoms with van der Waals surface area (Å²) in [6.07, 6.45) is -0.742. The maximum Gasteiger partial charge on any atom is 0.347 e. The normalized spacial score (nSPS) is 12.0. The lowest BCUT2D eigenvalue weighted by Crippen LogP contribution is -2.26. The summed E-state index contributed by atoms with van der Waals surface area (Å²) in [6, 6.07) is 12.1. The van der Waals surface area contributed by atoms with E-state index in [1.807, 2.05) is 6.92 Å². The lowest BCUT2D eigenvalue weighted by molar-refractivity contribution is -0.150. The van der Waals surface area contributed by atoms with Gasteiger partial charge in [0.2, 0.25) is 0 Å². The number of halogens is 1. The molecule has 1 atom stereocenters. The molecule has 0 fully saturated rings. The van der Waals surface area contributed by atoms with Gasteiger partial charge in [0.05, 0.1) is 12.2 Å². The molecule has 140 valence electrons. The molecule has 0 amide bonds. The molecule has 0 aliphatic rings. The highest BCUT2D eigenvalue weighted by Crippen LogP contribution is 2.30. The summed E-state index contributed by atoms with van der Waals surface area (Å²) in [7, 11) is 0. The molecule has 0 bridgehead atoms. The summed E-state index contributed by atoms with van der Waals surface area (Å²) in [4.78, 5) is 24.2. The molecule has 2 aromatic carbocycles. The molecule has 5 nitrogen and oxygen atoms in total. The fourth-order valence-corrected chi connectivity index (χ4v) is 2.99. The van der Waals surface area contributed by atoms with E-state index in [1.165, 1.54) is 0 Å². The zero-order valence-corrected chi connectivity index (χ0v) is 16.0. The second-order valence-corrected chi connectivity index (χ2v) is 6.50. The molecule has 27 heavy (non-hydrogen) atoms. The first-order chi connectivity index (χ1) is 12.9. The van der Waals surface area contributed by atoms with E-state index in [4.69, 9.17) is 25.5 Å². The molecule has 0 aliphatic carbocycles. The van der Waals surface area contributed by atoms with Crippen LogP contribution in [0, 0.1) is 6.92 Å². The quantitative estimate of drug-likeness (QED) is 0.467. The van der Waals surface area contributed by atoms with Gasteiger partial charge in [-0.1, -0.05) is 23.7 Å². The molecular weight excluding hydrogens is 368 g/mol. The molecular formula is C21H19ClO5. The number of aryl methyl sites for hydroxylation is 1. The van der Waals surface area contributed by atoms with Crippen LogP contribution < -0.4 is 10.4 Å². The van der Waals surface area contributed by atoms with Crippen LogP contribution in [0.3, 0.4) is 0 Å². The first-order valence-electron chi connectivity index (χ1n) is 8.57. The molecule has 0 radical (unpaired) electrons. The van der Waals surface area contributed by atoms with Gasteiger partial charge in [-0.05, 0) is 62.2 Å². The number of rotatable bonds is 5. The molecule has 0 saturated carbocycles.